The first-order valence-electron chi connectivity index (χ1n) is 4.80. The van der Waals surface area contributed by atoms with Crippen LogP contribution in [0.1, 0.15) is 10.4 Å². The third-order valence-corrected chi connectivity index (χ3v) is 3.31. The van der Waals surface area contributed by atoms with Gasteiger partial charge in [0.25, 0.3) is 5.91 Å². The van der Waals surface area contributed by atoms with Crippen LogP contribution in [-0.2, 0) is 9.84 Å². The number of halogens is 1. The zero-order valence-corrected chi connectivity index (χ0v) is 10.8. The molecule has 0 aliphatic rings. The Morgan fingerprint density at radius 1 is 1.47 bits per heavy atom. The summed E-state index contributed by atoms with van der Waals surface area (Å²) in [6.45, 7) is 0.0696. The second-order valence-electron chi connectivity index (χ2n) is 3.62. The number of nitrogens with one attached hydrogen (secondary N) is 1. The van der Waals surface area contributed by atoms with Gasteiger partial charge in [0.2, 0.25) is 0 Å². The minimum absolute atomic E-state index is 0.0696. The molecule has 5 nitrogen and oxygen atoms in total. The molecule has 3 N–H and O–H groups in total. The van der Waals surface area contributed by atoms with Crippen LogP contribution in [0.2, 0.25) is 5.02 Å². The van der Waals surface area contributed by atoms with Crippen molar-refractivity contribution < 1.29 is 13.2 Å². The summed E-state index contributed by atoms with van der Waals surface area (Å²) < 4.78 is 21.7. The third kappa shape index (κ3) is 4.62. The molecule has 7 heteroatoms. The Morgan fingerprint density at radius 2 is 2.12 bits per heavy atom. The van der Waals surface area contributed by atoms with Crippen molar-refractivity contribution in [3.05, 3.63) is 28.8 Å². The highest BCUT2D eigenvalue weighted by atomic mass is 35.5. The van der Waals surface area contributed by atoms with Crippen LogP contribution in [0.3, 0.4) is 0 Å². The average Bonchev–Trinajstić information content (AvgIpc) is 2.20. The summed E-state index contributed by atoms with van der Waals surface area (Å²) in [4.78, 5) is 11.6. The first-order valence-corrected chi connectivity index (χ1v) is 7.24. The fraction of sp³-hybridized carbons (Fsp3) is 0.300. The summed E-state index contributed by atoms with van der Waals surface area (Å²) in [6, 6.07) is 4.48. The molecule has 0 heterocycles. The largest absolute Gasteiger partial charge is 0.398 e. The van der Waals surface area contributed by atoms with E-state index in [9.17, 15) is 13.2 Å². The van der Waals surface area contributed by atoms with Gasteiger partial charge in [-0.25, -0.2) is 8.42 Å². The molecular formula is C10H13ClN2O3S. The highest BCUT2D eigenvalue weighted by Crippen LogP contribution is 2.19. The summed E-state index contributed by atoms with van der Waals surface area (Å²) in [7, 11) is -3.08. The maximum Gasteiger partial charge on any atom is 0.251 e. The number of nitrogens with two attached hydrogens (primary N) is 1. The molecule has 1 rings (SSSR count). The van der Waals surface area contributed by atoms with Crippen LogP contribution >= 0.6 is 11.6 Å². The molecule has 1 amide bonds. The number of carbonyl (C=O) groups is 1. The summed E-state index contributed by atoms with van der Waals surface area (Å²) in [5, 5.41) is 2.86. The molecule has 17 heavy (non-hydrogen) atoms. The average molecular weight is 277 g/mol. The predicted molar refractivity (Wildman–Crippen MR) is 67.9 cm³/mol. The normalized spacial score (nSPS) is 11.2. The molecule has 1 aromatic rings. The summed E-state index contributed by atoms with van der Waals surface area (Å²) in [6.07, 6.45) is 1.11. The fourth-order valence-electron chi connectivity index (χ4n) is 1.14. The van der Waals surface area contributed by atoms with Gasteiger partial charge in [-0.15, -0.1) is 0 Å². The zero-order valence-electron chi connectivity index (χ0n) is 9.23. The monoisotopic (exact) mass is 276 g/mol. The van der Waals surface area contributed by atoms with E-state index in [-0.39, 0.29) is 18.2 Å². The Morgan fingerprint density at radius 3 is 2.65 bits per heavy atom. The van der Waals surface area contributed by atoms with Gasteiger partial charge in [-0.2, -0.15) is 0 Å². The van der Waals surface area contributed by atoms with E-state index in [4.69, 9.17) is 17.3 Å². The van der Waals surface area contributed by atoms with Crippen molar-refractivity contribution in [3.63, 3.8) is 0 Å². The lowest BCUT2D eigenvalue weighted by Crippen LogP contribution is -2.28. The van der Waals surface area contributed by atoms with Gasteiger partial charge in [-0.05, 0) is 18.2 Å². The van der Waals surface area contributed by atoms with Gasteiger partial charge in [0, 0.05) is 18.4 Å². The molecule has 0 radical (unpaired) electrons. The number of nitrogen functional groups attached to an aromatic ring is 1. The standard InChI is InChI=1S/C10H13ClN2O3S/c1-17(15,16)5-4-13-10(14)7-2-3-8(11)9(12)6-7/h2-3,6H,4-5,12H2,1H3,(H,13,14). The number of hydrogen-bond acceptors (Lipinski definition) is 4. The van der Waals surface area contributed by atoms with Crippen molar-refractivity contribution in [2.24, 2.45) is 0 Å². The predicted octanol–water partition coefficient (Wildman–Crippen LogP) is 0.697. The van der Waals surface area contributed by atoms with Crippen LogP contribution in [-0.4, -0.2) is 32.9 Å². The molecule has 0 spiro atoms. The highest BCUT2D eigenvalue weighted by Gasteiger charge is 2.08. The van der Waals surface area contributed by atoms with Crippen molar-refractivity contribution >= 4 is 33.0 Å². The quantitative estimate of drug-likeness (QED) is 0.792. The molecule has 0 aliphatic carbocycles. The van der Waals surface area contributed by atoms with Crippen molar-refractivity contribution in [1.29, 1.82) is 0 Å². The third-order valence-electron chi connectivity index (χ3n) is 2.02. The van der Waals surface area contributed by atoms with Gasteiger partial charge in [0.15, 0.2) is 0 Å². The highest BCUT2D eigenvalue weighted by molar-refractivity contribution is 7.90. The first-order chi connectivity index (χ1) is 7.79. The molecular weight excluding hydrogens is 264 g/mol. The maximum atomic E-state index is 11.6. The number of amides is 1. The Kier molecular flexibility index (Phi) is 4.36. The fourth-order valence-corrected chi connectivity index (χ4v) is 1.73. The van der Waals surface area contributed by atoms with Gasteiger partial charge in [0.05, 0.1) is 16.5 Å². The van der Waals surface area contributed by atoms with E-state index in [1.165, 1.54) is 18.2 Å². The molecule has 0 saturated heterocycles. The van der Waals surface area contributed by atoms with E-state index >= 15 is 0 Å². The lowest BCUT2D eigenvalue weighted by atomic mass is 10.2. The van der Waals surface area contributed by atoms with Gasteiger partial charge < -0.3 is 11.1 Å². The zero-order chi connectivity index (χ0) is 13.1. The minimum Gasteiger partial charge on any atom is -0.398 e. The van der Waals surface area contributed by atoms with Crippen LogP contribution in [0.4, 0.5) is 5.69 Å². The Bertz CT molecular complexity index is 528. The number of sulfone groups is 1. The molecule has 0 aliphatic heterocycles. The van der Waals surface area contributed by atoms with Crippen LogP contribution in [0, 0.1) is 0 Å². The topological polar surface area (TPSA) is 89.3 Å². The Hall–Kier alpha value is -1.27. The number of anilines is 1. The summed E-state index contributed by atoms with van der Waals surface area (Å²) >= 11 is 5.71. The molecule has 1 aromatic carbocycles. The van der Waals surface area contributed by atoms with Crippen molar-refractivity contribution in [1.82, 2.24) is 5.32 Å². The molecule has 0 bridgehead atoms. The molecule has 0 unspecified atom stereocenters. The van der Waals surface area contributed by atoms with Crippen molar-refractivity contribution in [3.8, 4) is 0 Å². The van der Waals surface area contributed by atoms with E-state index < -0.39 is 9.84 Å². The lowest BCUT2D eigenvalue weighted by molar-refractivity contribution is 0.0956. The van der Waals surface area contributed by atoms with E-state index in [1.54, 1.807) is 0 Å². The Labute approximate surface area is 105 Å². The van der Waals surface area contributed by atoms with Crippen LogP contribution in [0.25, 0.3) is 0 Å². The van der Waals surface area contributed by atoms with Crippen molar-refractivity contribution in [2.45, 2.75) is 0 Å². The molecule has 0 saturated carbocycles. The first kappa shape index (κ1) is 13.8. The number of rotatable bonds is 4. The maximum absolute atomic E-state index is 11.6. The van der Waals surface area contributed by atoms with E-state index in [2.05, 4.69) is 5.32 Å². The number of benzene rings is 1. The summed E-state index contributed by atoms with van der Waals surface area (Å²) in [5.41, 5.74) is 6.20. The second-order valence-corrected chi connectivity index (χ2v) is 6.29. The van der Waals surface area contributed by atoms with E-state index in [1.807, 2.05) is 0 Å². The molecule has 0 atom stereocenters. The van der Waals surface area contributed by atoms with Gasteiger partial charge in [-0.3, -0.25) is 4.79 Å². The van der Waals surface area contributed by atoms with Gasteiger partial charge in [0.1, 0.15) is 9.84 Å². The number of hydrogen-bond donors (Lipinski definition) is 2. The van der Waals surface area contributed by atoms with Crippen LogP contribution < -0.4 is 11.1 Å². The smallest absolute Gasteiger partial charge is 0.251 e. The van der Waals surface area contributed by atoms with Crippen LogP contribution in [0.5, 0.6) is 0 Å². The second kappa shape index (κ2) is 5.37. The Balaban J connectivity index is 2.61. The summed E-state index contributed by atoms with van der Waals surface area (Å²) in [5.74, 6) is -0.473. The van der Waals surface area contributed by atoms with E-state index in [0.717, 1.165) is 6.26 Å². The van der Waals surface area contributed by atoms with E-state index in [0.29, 0.717) is 16.3 Å². The van der Waals surface area contributed by atoms with Crippen LogP contribution in [0.15, 0.2) is 18.2 Å². The molecule has 94 valence electrons. The lowest BCUT2D eigenvalue weighted by Gasteiger charge is -2.05. The SMILES string of the molecule is CS(=O)(=O)CCNC(=O)c1ccc(Cl)c(N)c1. The van der Waals surface area contributed by atoms with Crippen molar-refractivity contribution in [2.75, 3.05) is 24.3 Å². The number of carbonyl (C=O) groups excluding carboxylic acids is 1. The minimum atomic E-state index is -3.08. The molecule has 0 fully saturated rings. The van der Waals surface area contributed by atoms with Gasteiger partial charge >= 0.3 is 0 Å². The molecule has 0 aromatic heterocycles. The van der Waals surface area contributed by atoms with Gasteiger partial charge in [-0.1, -0.05) is 11.6 Å².